The van der Waals surface area contributed by atoms with Crippen LogP contribution in [0.1, 0.15) is 34.7 Å². The van der Waals surface area contributed by atoms with Gasteiger partial charge >= 0.3 is 0 Å². The van der Waals surface area contributed by atoms with Crippen LogP contribution < -0.4 is 5.32 Å². The smallest absolute Gasteiger partial charge is 0.237 e. The van der Waals surface area contributed by atoms with E-state index in [4.69, 9.17) is 5.26 Å². The molecule has 0 aliphatic rings. The van der Waals surface area contributed by atoms with Crippen LogP contribution in [-0.2, 0) is 4.79 Å². The van der Waals surface area contributed by atoms with Crippen molar-refractivity contribution in [1.82, 2.24) is 0 Å². The van der Waals surface area contributed by atoms with Gasteiger partial charge in [-0.25, -0.2) is 0 Å². The molecule has 0 aliphatic carbocycles. The third-order valence-corrected chi connectivity index (χ3v) is 5.66. The Hall–Kier alpha value is -2.25. The van der Waals surface area contributed by atoms with E-state index in [2.05, 4.69) is 45.1 Å². The molecule has 0 saturated heterocycles. The first-order valence-corrected chi connectivity index (χ1v) is 8.76. The summed E-state index contributed by atoms with van der Waals surface area (Å²) in [6, 6.07) is 11.2. The summed E-state index contributed by atoms with van der Waals surface area (Å²) in [5.41, 5.74) is 6.26. The van der Waals surface area contributed by atoms with Crippen molar-refractivity contribution in [3.05, 3.63) is 58.1 Å². The van der Waals surface area contributed by atoms with Gasteiger partial charge in [0.15, 0.2) is 0 Å². The molecule has 0 radical (unpaired) electrons. The van der Waals surface area contributed by atoms with E-state index in [1.807, 2.05) is 6.92 Å². The summed E-state index contributed by atoms with van der Waals surface area (Å²) in [5.74, 6) is -0.0392. The zero-order chi connectivity index (χ0) is 17.9. The summed E-state index contributed by atoms with van der Waals surface area (Å²) in [7, 11) is 0. The highest BCUT2D eigenvalue weighted by Gasteiger charge is 2.18. The lowest BCUT2D eigenvalue weighted by Gasteiger charge is -2.18. The van der Waals surface area contributed by atoms with Crippen molar-refractivity contribution in [2.24, 2.45) is 0 Å². The Morgan fingerprint density at radius 3 is 2.12 bits per heavy atom. The Morgan fingerprint density at radius 1 is 1.08 bits per heavy atom. The fourth-order valence-electron chi connectivity index (χ4n) is 2.46. The van der Waals surface area contributed by atoms with E-state index in [0.717, 1.165) is 0 Å². The SMILES string of the molecule is Cc1cc(C)c(C)c(S[C@H](C)C(=O)Nc2ccc(C#N)cc2)c1C. The number of nitriles is 1. The minimum atomic E-state index is -0.209. The molecule has 4 heteroatoms. The minimum absolute atomic E-state index is 0.0392. The highest BCUT2D eigenvalue weighted by Crippen LogP contribution is 2.33. The molecule has 0 saturated carbocycles. The molecule has 0 fully saturated rings. The van der Waals surface area contributed by atoms with Gasteiger partial charge < -0.3 is 5.32 Å². The second-order valence-corrected chi connectivity index (χ2v) is 7.38. The van der Waals surface area contributed by atoms with Crippen molar-refractivity contribution < 1.29 is 4.79 Å². The Morgan fingerprint density at radius 2 is 1.62 bits per heavy atom. The zero-order valence-electron chi connectivity index (χ0n) is 14.7. The molecule has 3 nitrogen and oxygen atoms in total. The molecule has 0 aliphatic heterocycles. The average Bonchev–Trinajstić information content (AvgIpc) is 2.57. The Bertz CT molecular complexity index is 778. The lowest BCUT2D eigenvalue weighted by Crippen LogP contribution is -2.22. The first-order valence-electron chi connectivity index (χ1n) is 7.88. The summed E-state index contributed by atoms with van der Waals surface area (Å²) in [6.45, 7) is 10.3. The van der Waals surface area contributed by atoms with Crippen molar-refractivity contribution in [3.8, 4) is 6.07 Å². The molecule has 2 rings (SSSR count). The van der Waals surface area contributed by atoms with Gasteiger partial charge in [-0.15, -0.1) is 11.8 Å². The first kappa shape index (κ1) is 18.1. The van der Waals surface area contributed by atoms with Crippen LogP contribution in [0.4, 0.5) is 5.69 Å². The number of nitrogens with one attached hydrogen (secondary N) is 1. The fourth-order valence-corrected chi connectivity index (χ4v) is 3.65. The summed E-state index contributed by atoms with van der Waals surface area (Å²) >= 11 is 1.60. The Labute approximate surface area is 148 Å². The maximum absolute atomic E-state index is 12.5. The summed E-state index contributed by atoms with van der Waals surface area (Å²) in [6.07, 6.45) is 0. The normalized spacial score (nSPS) is 11.7. The van der Waals surface area contributed by atoms with E-state index in [0.29, 0.717) is 11.3 Å². The highest BCUT2D eigenvalue weighted by atomic mass is 32.2. The van der Waals surface area contributed by atoms with E-state index in [9.17, 15) is 4.79 Å². The third kappa shape index (κ3) is 3.98. The molecule has 1 N–H and O–H groups in total. The van der Waals surface area contributed by atoms with E-state index < -0.39 is 0 Å². The number of rotatable bonds is 4. The van der Waals surface area contributed by atoms with Crippen LogP contribution in [0.3, 0.4) is 0 Å². The van der Waals surface area contributed by atoms with Gasteiger partial charge in [0.1, 0.15) is 0 Å². The number of amides is 1. The van der Waals surface area contributed by atoms with Crippen molar-refractivity contribution in [3.63, 3.8) is 0 Å². The van der Waals surface area contributed by atoms with Gasteiger partial charge in [-0.05, 0) is 81.1 Å². The predicted molar refractivity (Wildman–Crippen MR) is 100 cm³/mol. The van der Waals surface area contributed by atoms with Crippen molar-refractivity contribution in [1.29, 1.82) is 5.26 Å². The maximum Gasteiger partial charge on any atom is 0.237 e. The number of thioether (sulfide) groups is 1. The van der Waals surface area contributed by atoms with Crippen LogP contribution in [0.15, 0.2) is 35.2 Å². The summed E-state index contributed by atoms with van der Waals surface area (Å²) in [4.78, 5) is 13.7. The number of nitrogens with zero attached hydrogens (tertiary/aromatic N) is 1. The van der Waals surface area contributed by atoms with Gasteiger partial charge in [-0.2, -0.15) is 5.26 Å². The minimum Gasteiger partial charge on any atom is -0.325 e. The van der Waals surface area contributed by atoms with E-state index in [-0.39, 0.29) is 11.2 Å². The molecular weight excluding hydrogens is 316 g/mol. The van der Waals surface area contributed by atoms with Crippen LogP contribution in [0.5, 0.6) is 0 Å². The lowest BCUT2D eigenvalue weighted by atomic mass is 10.0. The molecule has 124 valence electrons. The second kappa shape index (κ2) is 7.55. The van der Waals surface area contributed by atoms with E-state index >= 15 is 0 Å². The fraction of sp³-hybridized carbons (Fsp3) is 0.300. The Balaban J connectivity index is 2.13. The van der Waals surface area contributed by atoms with Gasteiger partial charge in [0.25, 0.3) is 0 Å². The molecule has 2 aromatic rings. The number of benzene rings is 2. The molecule has 0 heterocycles. The summed E-state index contributed by atoms with van der Waals surface area (Å²) < 4.78 is 0. The molecule has 24 heavy (non-hydrogen) atoms. The van der Waals surface area contributed by atoms with Gasteiger partial charge in [0.2, 0.25) is 5.91 Å². The average molecular weight is 338 g/mol. The highest BCUT2D eigenvalue weighted by molar-refractivity contribution is 8.00. The number of anilines is 1. The largest absolute Gasteiger partial charge is 0.325 e. The van der Waals surface area contributed by atoms with Crippen molar-refractivity contribution >= 4 is 23.4 Å². The van der Waals surface area contributed by atoms with Crippen molar-refractivity contribution in [2.75, 3.05) is 5.32 Å². The molecular formula is C20H22N2OS. The van der Waals surface area contributed by atoms with E-state index in [1.165, 1.54) is 27.1 Å². The van der Waals surface area contributed by atoms with Crippen LogP contribution in [0.2, 0.25) is 0 Å². The standard InChI is InChI=1S/C20H22N2OS/c1-12-10-13(2)15(4)19(14(12)3)24-16(5)20(23)22-18-8-6-17(11-21)7-9-18/h6-10,16H,1-5H3,(H,22,23)/t16-/m1/s1. The van der Waals surface area contributed by atoms with Crippen LogP contribution in [0, 0.1) is 39.0 Å². The third-order valence-electron chi connectivity index (χ3n) is 4.24. The number of carbonyl (C=O) groups is 1. The van der Waals surface area contributed by atoms with E-state index in [1.54, 1.807) is 36.0 Å². The molecule has 1 amide bonds. The molecule has 0 spiro atoms. The van der Waals surface area contributed by atoms with Crippen LogP contribution >= 0.6 is 11.8 Å². The topological polar surface area (TPSA) is 52.9 Å². The number of hydrogen-bond donors (Lipinski definition) is 1. The molecule has 0 bridgehead atoms. The number of aryl methyl sites for hydroxylation is 2. The quantitative estimate of drug-likeness (QED) is 0.806. The monoisotopic (exact) mass is 338 g/mol. The maximum atomic E-state index is 12.5. The van der Waals surface area contributed by atoms with Crippen molar-refractivity contribution in [2.45, 2.75) is 44.8 Å². The van der Waals surface area contributed by atoms with Gasteiger partial charge in [-0.3, -0.25) is 4.79 Å². The Kier molecular flexibility index (Phi) is 5.69. The van der Waals surface area contributed by atoms with Crippen LogP contribution in [0.25, 0.3) is 0 Å². The zero-order valence-corrected chi connectivity index (χ0v) is 15.5. The lowest BCUT2D eigenvalue weighted by molar-refractivity contribution is -0.115. The predicted octanol–water partition coefficient (Wildman–Crippen LogP) is 4.91. The second-order valence-electron chi connectivity index (χ2n) is 6.03. The van der Waals surface area contributed by atoms with Gasteiger partial charge in [0, 0.05) is 10.6 Å². The molecule has 2 aromatic carbocycles. The molecule has 0 aromatic heterocycles. The molecule has 0 unspecified atom stereocenters. The molecule has 1 atom stereocenters. The summed E-state index contributed by atoms with van der Waals surface area (Å²) in [5, 5.41) is 11.5. The van der Waals surface area contributed by atoms with Gasteiger partial charge in [0.05, 0.1) is 16.9 Å². The first-order chi connectivity index (χ1) is 11.3. The number of hydrogen-bond acceptors (Lipinski definition) is 3. The van der Waals surface area contributed by atoms with Crippen LogP contribution in [-0.4, -0.2) is 11.2 Å². The van der Waals surface area contributed by atoms with Gasteiger partial charge in [-0.1, -0.05) is 6.07 Å². The number of carbonyl (C=O) groups excluding carboxylic acids is 1.